The summed E-state index contributed by atoms with van der Waals surface area (Å²) in [6.45, 7) is 0.959. The molecule has 35 heavy (non-hydrogen) atoms. The van der Waals surface area contributed by atoms with Crippen LogP contribution in [0.25, 0.3) is 11.1 Å². The summed E-state index contributed by atoms with van der Waals surface area (Å²) in [5.74, 6) is -4.97. The van der Waals surface area contributed by atoms with E-state index in [0.717, 1.165) is 36.1 Å². The molecular formula is C23H22F6N2O3S. The van der Waals surface area contributed by atoms with Crippen LogP contribution in [0, 0.1) is 28.7 Å². The van der Waals surface area contributed by atoms with Crippen molar-refractivity contribution in [2.24, 2.45) is 5.41 Å². The lowest BCUT2D eigenvalue weighted by atomic mass is 9.91. The van der Waals surface area contributed by atoms with Gasteiger partial charge < -0.3 is 4.90 Å². The van der Waals surface area contributed by atoms with Gasteiger partial charge in [-0.05, 0) is 61.6 Å². The van der Waals surface area contributed by atoms with E-state index in [1.807, 2.05) is 0 Å². The molecule has 190 valence electrons. The number of sulfonamides is 1. The molecule has 0 unspecified atom stereocenters. The van der Waals surface area contributed by atoms with Crippen molar-refractivity contribution in [3.8, 4) is 11.1 Å². The summed E-state index contributed by atoms with van der Waals surface area (Å²) in [5.41, 5.74) is -1.82. The first-order valence-electron chi connectivity index (χ1n) is 10.8. The molecule has 1 heterocycles. The number of alkyl halides is 2. The number of likely N-dealkylation sites (tertiary alicyclic amines) is 1. The number of nitrogens with one attached hydrogen (secondary N) is 1. The Morgan fingerprint density at radius 2 is 1.69 bits per heavy atom. The summed E-state index contributed by atoms with van der Waals surface area (Å²) in [4.78, 5) is 13.7. The lowest BCUT2D eigenvalue weighted by molar-refractivity contribution is -0.137. The van der Waals surface area contributed by atoms with Crippen LogP contribution >= 0.6 is 0 Å². The Balaban J connectivity index is 1.78. The zero-order chi connectivity index (χ0) is 25.7. The molecule has 1 saturated heterocycles. The van der Waals surface area contributed by atoms with Gasteiger partial charge in [-0.15, -0.1) is 0 Å². The van der Waals surface area contributed by atoms with Gasteiger partial charge in [0.1, 0.15) is 23.3 Å². The summed E-state index contributed by atoms with van der Waals surface area (Å²) < 4.78 is 111. The number of rotatable bonds is 7. The molecule has 1 spiro atoms. The van der Waals surface area contributed by atoms with Crippen molar-refractivity contribution < 1.29 is 39.6 Å². The Labute approximate surface area is 198 Å². The average Bonchev–Trinajstić information content (AvgIpc) is 3.50. The van der Waals surface area contributed by atoms with Crippen molar-refractivity contribution in [2.75, 3.05) is 12.6 Å². The molecule has 1 N–H and O–H groups in total. The monoisotopic (exact) mass is 520 g/mol. The van der Waals surface area contributed by atoms with Crippen molar-refractivity contribution >= 4 is 15.9 Å². The van der Waals surface area contributed by atoms with E-state index in [4.69, 9.17) is 0 Å². The molecular weight excluding hydrogens is 498 g/mol. The second-order valence-corrected chi connectivity index (χ2v) is 10.8. The van der Waals surface area contributed by atoms with Crippen LogP contribution < -0.4 is 4.72 Å². The van der Waals surface area contributed by atoms with Crippen LogP contribution in [0.3, 0.4) is 0 Å². The highest BCUT2D eigenvalue weighted by atomic mass is 32.2. The highest BCUT2D eigenvalue weighted by Gasteiger charge is 2.61. The van der Waals surface area contributed by atoms with E-state index < -0.39 is 80.9 Å². The van der Waals surface area contributed by atoms with E-state index in [2.05, 4.69) is 4.72 Å². The zero-order valence-electron chi connectivity index (χ0n) is 18.5. The SMILES string of the molecule is C[C@@H](F)C(=O)N1CC2(CC2)[C@H](NS(=O)(=O)CF)[C@@H]1Cc1cc(F)cc(-c2cc(F)cc(F)c2)c1F. The van der Waals surface area contributed by atoms with Crippen molar-refractivity contribution in [3.63, 3.8) is 0 Å². The number of hydrogen-bond acceptors (Lipinski definition) is 3. The minimum absolute atomic E-state index is 0.0386. The summed E-state index contributed by atoms with van der Waals surface area (Å²) >= 11 is 0. The summed E-state index contributed by atoms with van der Waals surface area (Å²) in [6.07, 6.45) is -1.47. The standard InChI is InChI=1S/C23H22F6N2O3S/c1-12(25)22(32)31-10-23(2-3-23)21(30-35(33,34)11-24)19(31)7-14-6-17(28)9-18(20(14)29)13-4-15(26)8-16(27)5-13/h4-6,8-9,12,19,21,30H,2-3,7,10-11H2,1H3/t12-,19+,21-/m1/s1. The second-order valence-electron chi connectivity index (χ2n) is 9.12. The van der Waals surface area contributed by atoms with Crippen LogP contribution in [0.5, 0.6) is 0 Å². The largest absolute Gasteiger partial charge is 0.335 e. The third-order valence-electron chi connectivity index (χ3n) is 6.61. The van der Waals surface area contributed by atoms with Gasteiger partial charge in [0.05, 0.1) is 6.04 Å². The van der Waals surface area contributed by atoms with Gasteiger partial charge in [0.15, 0.2) is 6.17 Å². The van der Waals surface area contributed by atoms with Crippen molar-refractivity contribution in [1.29, 1.82) is 0 Å². The Morgan fingerprint density at radius 3 is 2.23 bits per heavy atom. The number of amides is 1. The van der Waals surface area contributed by atoms with Crippen molar-refractivity contribution in [2.45, 2.75) is 44.4 Å². The molecule has 0 bridgehead atoms. The molecule has 1 amide bonds. The maximum absolute atomic E-state index is 15.5. The predicted octanol–water partition coefficient (Wildman–Crippen LogP) is 4.02. The Kier molecular flexibility index (Phi) is 6.64. The fraction of sp³-hybridized carbons (Fsp3) is 0.435. The molecule has 12 heteroatoms. The first kappa shape index (κ1) is 25.5. The zero-order valence-corrected chi connectivity index (χ0v) is 19.3. The third-order valence-corrected chi connectivity index (χ3v) is 7.51. The Hall–Kier alpha value is -2.60. The van der Waals surface area contributed by atoms with Crippen LogP contribution in [0.2, 0.25) is 0 Å². The molecule has 3 atom stereocenters. The normalized spacial score (nSPS) is 22.0. The third kappa shape index (κ3) is 5.04. The molecule has 1 saturated carbocycles. The highest BCUT2D eigenvalue weighted by molar-refractivity contribution is 7.89. The van der Waals surface area contributed by atoms with Gasteiger partial charge in [0.2, 0.25) is 16.0 Å². The lowest BCUT2D eigenvalue weighted by Gasteiger charge is -2.30. The quantitative estimate of drug-likeness (QED) is 0.561. The van der Waals surface area contributed by atoms with Crippen LogP contribution in [0.4, 0.5) is 26.3 Å². The maximum atomic E-state index is 15.5. The molecule has 2 aromatic rings. The van der Waals surface area contributed by atoms with E-state index in [0.29, 0.717) is 18.9 Å². The molecule has 2 aromatic carbocycles. The number of halogens is 6. The van der Waals surface area contributed by atoms with Gasteiger partial charge in [-0.3, -0.25) is 4.79 Å². The Bertz CT molecular complexity index is 1250. The molecule has 5 nitrogen and oxygen atoms in total. The smallest absolute Gasteiger partial charge is 0.257 e. The van der Waals surface area contributed by atoms with E-state index in [9.17, 15) is 35.2 Å². The molecule has 2 fully saturated rings. The van der Waals surface area contributed by atoms with Crippen LogP contribution in [-0.4, -0.2) is 50.0 Å². The van der Waals surface area contributed by atoms with Crippen molar-refractivity contribution in [3.05, 3.63) is 59.2 Å². The van der Waals surface area contributed by atoms with Gasteiger partial charge in [-0.2, -0.15) is 0 Å². The van der Waals surface area contributed by atoms with Gasteiger partial charge in [0.25, 0.3) is 5.91 Å². The number of carbonyl (C=O) groups is 1. The first-order valence-corrected chi connectivity index (χ1v) is 12.5. The molecule has 1 aliphatic heterocycles. The summed E-state index contributed by atoms with van der Waals surface area (Å²) in [5, 5.41) is 0. The maximum Gasteiger partial charge on any atom is 0.257 e. The summed E-state index contributed by atoms with van der Waals surface area (Å²) in [7, 11) is -4.41. The minimum atomic E-state index is -4.41. The van der Waals surface area contributed by atoms with E-state index in [-0.39, 0.29) is 17.7 Å². The molecule has 0 aromatic heterocycles. The van der Waals surface area contributed by atoms with Crippen molar-refractivity contribution in [1.82, 2.24) is 9.62 Å². The van der Waals surface area contributed by atoms with Crippen LogP contribution in [-0.2, 0) is 21.2 Å². The molecule has 0 radical (unpaired) electrons. The highest BCUT2D eigenvalue weighted by Crippen LogP contribution is 2.55. The number of carbonyl (C=O) groups excluding carboxylic acids is 1. The molecule has 2 aliphatic rings. The molecule has 1 aliphatic carbocycles. The van der Waals surface area contributed by atoms with Gasteiger partial charge >= 0.3 is 0 Å². The first-order chi connectivity index (χ1) is 16.4. The topological polar surface area (TPSA) is 66.5 Å². The van der Waals surface area contributed by atoms with Crippen LogP contribution in [0.1, 0.15) is 25.3 Å². The van der Waals surface area contributed by atoms with E-state index >= 15 is 4.39 Å². The average molecular weight is 520 g/mol. The predicted molar refractivity (Wildman–Crippen MR) is 115 cm³/mol. The Morgan fingerprint density at radius 1 is 1.09 bits per heavy atom. The second kappa shape index (κ2) is 9.12. The fourth-order valence-electron chi connectivity index (χ4n) is 4.84. The van der Waals surface area contributed by atoms with Crippen LogP contribution in [0.15, 0.2) is 30.3 Å². The van der Waals surface area contributed by atoms with E-state index in [1.165, 1.54) is 0 Å². The minimum Gasteiger partial charge on any atom is -0.335 e. The number of benzene rings is 2. The van der Waals surface area contributed by atoms with Gasteiger partial charge in [-0.1, -0.05) is 0 Å². The lowest BCUT2D eigenvalue weighted by Crippen LogP contribution is -2.51. The number of hydrogen-bond donors (Lipinski definition) is 1. The van der Waals surface area contributed by atoms with E-state index in [1.54, 1.807) is 0 Å². The molecule has 4 rings (SSSR count). The summed E-state index contributed by atoms with van der Waals surface area (Å²) in [6, 6.07) is -0.186. The number of nitrogens with zero attached hydrogens (tertiary/aromatic N) is 1. The van der Waals surface area contributed by atoms with Gasteiger partial charge in [0, 0.05) is 29.6 Å². The fourth-order valence-corrected chi connectivity index (χ4v) is 5.69. The van der Waals surface area contributed by atoms with Gasteiger partial charge in [-0.25, -0.2) is 39.5 Å².